The number of ether oxygens (including phenoxy) is 2. The van der Waals surface area contributed by atoms with Crippen molar-refractivity contribution in [2.45, 2.75) is 130 Å². The third-order valence-corrected chi connectivity index (χ3v) is 8.49. The van der Waals surface area contributed by atoms with Gasteiger partial charge in [-0.05, 0) is 139 Å². The zero-order chi connectivity index (χ0) is 32.7. The first kappa shape index (κ1) is 35.3. The van der Waals surface area contributed by atoms with Gasteiger partial charge in [0.1, 0.15) is 11.2 Å². The van der Waals surface area contributed by atoms with E-state index in [1.807, 2.05) is 53.7 Å². The molecule has 0 radical (unpaired) electrons. The van der Waals surface area contributed by atoms with E-state index in [4.69, 9.17) is 20.9 Å². The lowest BCUT2D eigenvalue weighted by atomic mass is 9.72. The van der Waals surface area contributed by atoms with Crippen molar-refractivity contribution in [2.24, 2.45) is 23.7 Å². The Morgan fingerprint density at radius 3 is 1.36 bits per heavy atom. The maximum Gasteiger partial charge on any atom is 0.306 e. The van der Waals surface area contributed by atoms with E-state index < -0.39 is 11.2 Å². The molecular weight excluding hydrogens is 552 g/mol. The van der Waals surface area contributed by atoms with Gasteiger partial charge in [0.15, 0.2) is 0 Å². The smallest absolute Gasteiger partial charge is 0.306 e. The van der Waals surface area contributed by atoms with Crippen molar-refractivity contribution in [3.05, 3.63) is 48.0 Å². The van der Waals surface area contributed by atoms with Gasteiger partial charge in [-0.15, -0.1) is 0 Å². The lowest BCUT2D eigenvalue weighted by Crippen LogP contribution is -2.28. The van der Waals surface area contributed by atoms with E-state index in [9.17, 15) is 9.59 Å². The molecule has 0 saturated heterocycles. The fourth-order valence-electron chi connectivity index (χ4n) is 7.15. The third kappa shape index (κ3) is 11.7. The second-order valence-corrected chi connectivity index (χ2v) is 15.3. The summed E-state index contributed by atoms with van der Waals surface area (Å²) in [5.41, 5.74) is 15.2. The largest absolute Gasteiger partial charge is 0.460 e. The van der Waals surface area contributed by atoms with Crippen LogP contribution in [0.4, 0.5) is 11.4 Å². The van der Waals surface area contributed by atoms with Crippen molar-refractivity contribution >= 4 is 23.3 Å². The van der Waals surface area contributed by atoms with E-state index in [1.165, 1.54) is 11.1 Å². The van der Waals surface area contributed by atoms with E-state index in [-0.39, 0.29) is 11.9 Å². The summed E-state index contributed by atoms with van der Waals surface area (Å²) < 4.78 is 10.9. The van der Waals surface area contributed by atoms with Crippen LogP contribution >= 0.6 is 0 Å². The van der Waals surface area contributed by atoms with Crippen LogP contribution in [0.1, 0.15) is 130 Å². The van der Waals surface area contributed by atoms with Crippen molar-refractivity contribution in [3.8, 4) is 0 Å². The second-order valence-electron chi connectivity index (χ2n) is 15.3. The molecule has 244 valence electrons. The first-order valence-electron chi connectivity index (χ1n) is 16.3. The lowest BCUT2D eigenvalue weighted by Gasteiger charge is -2.34. The minimum atomic E-state index is -0.410. The minimum Gasteiger partial charge on any atom is -0.460 e. The van der Waals surface area contributed by atoms with Gasteiger partial charge in [-0.25, -0.2) is 0 Å². The SMILES string of the molecule is C[C@@H]1CC(c2ccncc2N)C[C@H](CC(=O)OC(C)(C)C)C1.C[C@@H]1C[C@H](CC(=O)OC(C)(C)C)C[C@H](c2ccncc2N)C1. The Balaban J connectivity index is 0.000000240. The minimum absolute atomic E-state index is 0.0898. The number of esters is 2. The van der Waals surface area contributed by atoms with Gasteiger partial charge in [-0.1, -0.05) is 13.8 Å². The van der Waals surface area contributed by atoms with Gasteiger partial charge in [0.05, 0.1) is 23.8 Å². The predicted octanol–water partition coefficient (Wildman–Crippen LogP) is 7.83. The molecular formula is C36H56N4O4. The summed E-state index contributed by atoms with van der Waals surface area (Å²) in [5.74, 6) is 2.59. The molecule has 2 saturated carbocycles. The molecule has 8 nitrogen and oxygen atoms in total. The Hall–Kier alpha value is -3.16. The Bertz CT molecular complexity index is 1140. The first-order valence-corrected chi connectivity index (χ1v) is 16.3. The molecule has 6 atom stereocenters. The number of aromatic nitrogens is 2. The van der Waals surface area contributed by atoms with Gasteiger partial charge in [-0.3, -0.25) is 19.6 Å². The molecule has 8 heteroatoms. The number of nitrogens with zero attached hydrogens (tertiary/aromatic N) is 2. The van der Waals surface area contributed by atoms with Crippen LogP contribution in [0.25, 0.3) is 0 Å². The highest BCUT2D eigenvalue weighted by Crippen LogP contribution is 2.43. The second kappa shape index (κ2) is 15.2. The summed E-state index contributed by atoms with van der Waals surface area (Å²) in [4.78, 5) is 32.3. The molecule has 1 unspecified atom stereocenters. The summed E-state index contributed by atoms with van der Waals surface area (Å²) in [6.07, 6.45) is 14.5. The topological polar surface area (TPSA) is 130 Å². The molecule has 4 rings (SSSR count). The maximum absolute atomic E-state index is 12.1. The molecule has 2 aromatic heterocycles. The fraction of sp³-hybridized carbons (Fsp3) is 0.667. The van der Waals surface area contributed by atoms with Gasteiger partial charge >= 0.3 is 11.9 Å². The number of hydrogen-bond donors (Lipinski definition) is 2. The summed E-state index contributed by atoms with van der Waals surface area (Å²) in [5, 5.41) is 0. The molecule has 2 aliphatic rings. The number of carbonyl (C=O) groups excluding carboxylic acids is 2. The number of hydrogen-bond acceptors (Lipinski definition) is 8. The third-order valence-electron chi connectivity index (χ3n) is 8.49. The van der Waals surface area contributed by atoms with Crippen molar-refractivity contribution in [3.63, 3.8) is 0 Å². The van der Waals surface area contributed by atoms with Crippen molar-refractivity contribution < 1.29 is 19.1 Å². The highest BCUT2D eigenvalue weighted by atomic mass is 16.6. The van der Waals surface area contributed by atoms with Crippen LogP contribution in [-0.2, 0) is 19.1 Å². The van der Waals surface area contributed by atoms with Crippen LogP contribution < -0.4 is 11.5 Å². The molecule has 2 aliphatic carbocycles. The summed E-state index contributed by atoms with van der Waals surface area (Å²) in [6, 6.07) is 4.03. The van der Waals surface area contributed by atoms with Crippen LogP contribution in [0.2, 0.25) is 0 Å². The number of rotatable bonds is 6. The van der Waals surface area contributed by atoms with Crippen LogP contribution in [0.5, 0.6) is 0 Å². The molecule has 2 aromatic rings. The number of nitrogens with two attached hydrogens (primary N) is 2. The Kier molecular flexibility index (Phi) is 12.2. The van der Waals surface area contributed by atoms with Gasteiger partial charge in [-0.2, -0.15) is 0 Å². The molecule has 0 amide bonds. The van der Waals surface area contributed by atoms with Crippen molar-refractivity contribution in [1.82, 2.24) is 9.97 Å². The van der Waals surface area contributed by atoms with E-state index in [0.29, 0.717) is 48.3 Å². The average Bonchev–Trinajstić information content (AvgIpc) is 2.86. The molecule has 0 aliphatic heterocycles. The number of pyridine rings is 2. The van der Waals surface area contributed by atoms with Gasteiger partial charge in [0.25, 0.3) is 0 Å². The van der Waals surface area contributed by atoms with Crippen molar-refractivity contribution in [2.75, 3.05) is 11.5 Å². The van der Waals surface area contributed by atoms with E-state index in [1.54, 1.807) is 24.8 Å². The molecule has 44 heavy (non-hydrogen) atoms. The van der Waals surface area contributed by atoms with Gasteiger partial charge in [0.2, 0.25) is 0 Å². The predicted molar refractivity (Wildman–Crippen MR) is 177 cm³/mol. The van der Waals surface area contributed by atoms with Crippen LogP contribution in [0, 0.1) is 23.7 Å². The highest BCUT2D eigenvalue weighted by molar-refractivity contribution is 5.70. The van der Waals surface area contributed by atoms with Gasteiger partial charge in [0, 0.05) is 25.2 Å². The zero-order valence-electron chi connectivity index (χ0n) is 28.3. The Morgan fingerprint density at radius 2 is 1.05 bits per heavy atom. The number of anilines is 2. The molecule has 0 bridgehead atoms. The summed E-state index contributed by atoms with van der Waals surface area (Å²) >= 11 is 0. The Labute approximate surface area is 265 Å². The maximum atomic E-state index is 12.1. The van der Waals surface area contributed by atoms with Crippen molar-refractivity contribution in [1.29, 1.82) is 0 Å². The van der Waals surface area contributed by atoms with Crippen LogP contribution in [0.3, 0.4) is 0 Å². The monoisotopic (exact) mass is 608 g/mol. The Morgan fingerprint density at radius 1 is 0.682 bits per heavy atom. The molecule has 4 N–H and O–H groups in total. The van der Waals surface area contributed by atoms with Crippen LogP contribution in [-0.4, -0.2) is 33.1 Å². The highest BCUT2D eigenvalue weighted by Gasteiger charge is 2.32. The molecule has 0 spiro atoms. The van der Waals surface area contributed by atoms with Crippen LogP contribution in [0.15, 0.2) is 36.9 Å². The number of carbonyl (C=O) groups is 2. The van der Waals surface area contributed by atoms with E-state index in [0.717, 1.165) is 49.9 Å². The standard InChI is InChI=1S/2C18H28N2O2/c2*1-12-7-13(10-17(21)22-18(2,3)4)9-14(8-12)15-5-6-20-11-16(15)19/h2*5-6,11-14H,7-10,19H2,1-4H3/t12-,13+,14?;12-,13+,14-/m01/s1. The lowest BCUT2D eigenvalue weighted by molar-refractivity contribution is -0.157. The summed E-state index contributed by atoms with van der Waals surface area (Å²) in [7, 11) is 0. The first-order chi connectivity index (χ1) is 20.5. The average molecular weight is 609 g/mol. The normalized spacial score (nSPS) is 25.7. The number of nitrogen functional groups attached to an aromatic ring is 2. The van der Waals surface area contributed by atoms with E-state index >= 15 is 0 Å². The molecule has 2 heterocycles. The van der Waals surface area contributed by atoms with E-state index in [2.05, 4.69) is 23.8 Å². The molecule has 2 fully saturated rings. The zero-order valence-corrected chi connectivity index (χ0v) is 28.3. The fourth-order valence-corrected chi connectivity index (χ4v) is 7.15. The summed E-state index contributed by atoms with van der Waals surface area (Å²) in [6.45, 7) is 16.0. The molecule has 0 aromatic carbocycles. The van der Waals surface area contributed by atoms with Gasteiger partial charge < -0.3 is 20.9 Å². The quantitative estimate of drug-likeness (QED) is 0.317.